The van der Waals surface area contributed by atoms with Gasteiger partial charge in [-0.2, -0.15) is 0 Å². The van der Waals surface area contributed by atoms with Gasteiger partial charge in [0.15, 0.2) is 0 Å². The largest absolute Gasteiger partial charge is 2.00 e. The first kappa shape index (κ1) is 42.6. The van der Waals surface area contributed by atoms with Crippen LogP contribution < -0.4 is 10.2 Å². The Morgan fingerprint density at radius 2 is 0.758 bits per heavy atom. The normalized spacial score (nSPS) is 9.52. The van der Waals surface area contributed by atoms with Crippen molar-refractivity contribution in [1.29, 1.82) is 0 Å². The van der Waals surface area contributed by atoms with Crippen LogP contribution in [0.25, 0.3) is 0 Å². The van der Waals surface area contributed by atoms with Gasteiger partial charge >= 0.3 is 20.4 Å². The van der Waals surface area contributed by atoms with Crippen LogP contribution in [0, 0.1) is 0 Å². The second kappa shape index (κ2) is 38.7. The smallest absolute Gasteiger partial charge is 0.550 e. The molecule has 0 rings (SSSR count). The summed E-state index contributed by atoms with van der Waals surface area (Å²) in [4.78, 5) is 22.5. The number of aliphatic carboxylic acids is 2. The molecule has 0 aromatic rings. The first-order valence-corrected chi connectivity index (χ1v) is 12.2. The molecule has 0 aromatic heterocycles. The summed E-state index contributed by atoms with van der Waals surface area (Å²) in [6, 6.07) is 0. The first-order chi connectivity index (χ1) is 15.2. The summed E-state index contributed by atoms with van der Waals surface area (Å²) in [6.07, 6.45) is 9.99. The molecule has 0 bridgehead atoms. The van der Waals surface area contributed by atoms with E-state index in [0.29, 0.717) is 13.2 Å². The molecule has 0 spiro atoms. The molecule has 0 aliphatic rings. The SMILES string of the molecule is CC(=O)[O-].CC(=O)[O-].CCCCN(CCO)CCCC.CCCCN(CCO)CCCC.[Pd+2]. The van der Waals surface area contributed by atoms with Crippen molar-refractivity contribution < 1.29 is 50.4 Å². The van der Waals surface area contributed by atoms with Gasteiger partial charge < -0.3 is 39.8 Å². The van der Waals surface area contributed by atoms with E-state index in [0.717, 1.165) is 53.1 Å². The Kier molecular flexibility index (Phi) is 49.9. The van der Waals surface area contributed by atoms with Gasteiger partial charge in [-0.25, -0.2) is 0 Å². The van der Waals surface area contributed by atoms with Gasteiger partial charge in [0, 0.05) is 25.0 Å². The van der Waals surface area contributed by atoms with E-state index < -0.39 is 11.9 Å². The number of carbonyl (C=O) groups is 2. The van der Waals surface area contributed by atoms with Crippen LogP contribution in [0.4, 0.5) is 0 Å². The summed E-state index contributed by atoms with van der Waals surface area (Å²) in [6.45, 7) is 17.7. The molecule has 0 saturated heterocycles. The quantitative estimate of drug-likeness (QED) is 0.266. The molecule has 0 amide bonds. The van der Waals surface area contributed by atoms with Gasteiger partial charge in [0.2, 0.25) is 0 Å². The molecule has 33 heavy (non-hydrogen) atoms. The molecule has 0 saturated carbocycles. The molecule has 0 atom stereocenters. The van der Waals surface area contributed by atoms with Crippen LogP contribution in [0.5, 0.6) is 0 Å². The Bertz CT molecular complexity index is 319. The van der Waals surface area contributed by atoms with Gasteiger partial charge in [-0.05, 0) is 65.7 Å². The third-order valence-electron chi connectivity index (χ3n) is 4.14. The number of rotatable bonds is 16. The average Bonchev–Trinajstić information content (AvgIpc) is 2.71. The molecule has 0 heterocycles. The number of carboxylic acids is 2. The monoisotopic (exact) mass is 570 g/mol. The van der Waals surface area contributed by atoms with Gasteiger partial charge in [0.25, 0.3) is 0 Å². The molecule has 0 aromatic carbocycles. The van der Waals surface area contributed by atoms with Crippen molar-refractivity contribution in [2.24, 2.45) is 0 Å². The summed E-state index contributed by atoms with van der Waals surface area (Å²) in [7, 11) is 0. The molecule has 8 nitrogen and oxygen atoms in total. The minimum Gasteiger partial charge on any atom is -0.550 e. The zero-order valence-corrected chi connectivity index (χ0v) is 23.6. The van der Waals surface area contributed by atoms with Crippen molar-refractivity contribution >= 4 is 11.9 Å². The van der Waals surface area contributed by atoms with Gasteiger partial charge in [-0.3, -0.25) is 0 Å². The van der Waals surface area contributed by atoms with E-state index >= 15 is 0 Å². The number of hydrogen-bond acceptors (Lipinski definition) is 8. The van der Waals surface area contributed by atoms with Crippen molar-refractivity contribution in [3.8, 4) is 0 Å². The Morgan fingerprint density at radius 3 is 0.879 bits per heavy atom. The first-order valence-electron chi connectivity index (χ1n) is 12.2. The predicted molar refractivity (Wildman–Crippen MR) is 128 cm³/mol. The Labute approximate surface area is 217 Å². The second-order valence-electron chi connectivity index (χ2n) is 7.53. The van der Waals surface area contributed by atoms with Crippen LogP contribution in [0.15, 0.2) is 0 Å². The minimum atomic E-state index is -1.08. The molecule has 0 radical (unpaired) electrons. The second-order valence-corrected chi connectivity index (χ2v) is 7.53. The molecule has 0 aliphatic carbocycles. The van der Waals surface area contributed by atoms with Gasteiger partial charge in [-0.1, -0.05) is 53.4 Å². The molecule has 0 aliphatic heterocycles. The van der Waals surface area contributed by atoms with Crippen LogP contribution in [-0.4, -0.2) is 84.4 Å². The van der Waals surface area contributed by atoms with E-state index in [1.165, 1.54) is 51.4 Å². The van der Waals surface area contributed by atoms with E-state index in [2.05, 4.69) is 37.5 Å². The number of aliphatic hydroxyl groups excluding tert-OH is 2. The molecule has 2 N–H and O–H groups in total. The third-order valence-corrected chi connectivity index (χ3v) is 4.14. The predicted octanol–water partition coefficient (Wildman–Crippen LogP) is 1.27. The summed E-state index contributed by atoms with van der Waals surface area (Å²) >= 11 is 0. The fourth-order valence-electron chi connectivity index (χ4n) is 2.48. The third kappa shape index (κ3) is 59.3. The van der Waals surface area contributed by atoms with Crippen molar-refractivity contribution in [1.82, 2.24) is 9.80 Å². The zero-order chi connectivity index (χ0) is 25.6. The van der Waals surface area contributed by atoms with Gasteiger partial charge in [0.1, 0.15) is 0 Å². The van der Waals surface area contributed by atoms with Crippen molar-refractivity contribution in [3.05, 3.63) is 0 Å². The molecule has 0 fully saturated rings. The molecule has 0 unspecified atom stereocenters. The number of aliphatic hydroxyl groups is 2. The fraction of sp³-hybridized carbons (Fsp3) is 0.917. The van der Waals surface area contributed by atoms with Crippen LogP contribution in [0.1, 0.15) is 92.9 Å². The van der Waals surface area contributed by atoms with Gasteiger partial charge in [-0.15, -0.1) is 0 Å². The summed E-state index contributed by atoms with van der Waals surface area (Å²) in [5.41, 5.74) is 0. The van der Waals surface area contributed by atoms with Crippen LogP contribution in [0.3, 0.4) is 0 Å². The molecular weight excluding hydrogens is 519 g/mol. The standard InChI is InChI=1S/2C10H23NO.2C2H4O2.Pd/c2*1-3-5-7-11(9-10-12)8-6-4-2;2*1-2(3)4;/h2*12H,3-10H2,1-2H3;2*1H3,(H,3,4);/q;;;;+2/p-2. The maximum Gasteiger partial charge on any atom is 2.00 e. The van der Waals surface area contributed by atoms with E-state index in [4.69, 9.17) is 30.0 Å². The number of carboxylic acid groups (broad SMARTS) is 2. The van der Waals surface area contributed by atoms with Crippen molar-refractivity contribution in [2.75, 3.05) is 52.5 Å². The zero-order valence-electron chi connectivity index (χ0n) is 22.1. The van der Waals surface area contributed by atoms with Crippen molar-refractivity contribution in [2.45, 2.75) is 92.9 Å². The summed E-state index contributed by atoms with van der Waals surface area (Å²) < 4.78 is 0. The summed E-state index contributed by atoms with van der Waals surface area (Å²) in [5.74, 6) is -2.17. The number of carbonyl (C=O) groups excluding carboxylic acids is 2. The Balaban J connectivity index is -0.000000117. The van der Waals surface area contributed by atoms with Gasteiger partial charge in [0.05, 0.1) is 13.2 Å². The average molecular weight is 571 g/mol. The molecule has 9 heteroatoms. The topological polar surface area (TPSA) is 127 Å². The number of hydrogen-bond donors (Lipinski definition) is 2. The number of unbranched alkanes of at least 4 members (excludes halogenated alkanes) is 4. The maximum atomic E-state index is 8.89. The van der Waals surface area contributed by atoms with E-state index in [1.54, 1.807) is 0 Å². The molecule has 204 valence electrons. The summed E-state index contributed by atoms with van der Waals surface area (Å²) in [5, 5.41) is 35.4. The maximum absolute atomic E-state index is 8.89. The van der Waals surface area contributed by atoms with E-state index in [9.17, 15) is 0 Å². The van der Waals surface area contributed by atoms with Crippen LogP contribution in [0.2, 0.25) is 0 Å². The molecular formula is C24H52N2O6Pd. The number of nitrogens with zero attached hydrogens (tertiary/aromatic N) is 2. The Hall–Kier alpha value is -0.558. The van der Waals surface area contributed by atoms with E-state index in [1.807, 2.05) is 0 Å². The minimum absolute atomic E-state index is 0. The fourth-order valence-corrected chi connectivity index (χ4v) is 2.48. The van der Waals surface area contributed by atoms with Crippen LogP contribution in [-0.2, 0) is 30.0 Å². The van der Waals surface area contributed by atoms with Crippen molar-refractivity contribution in [3.63, 3.8) is 0 Å². The van der Waals surface area contributed by atoms with Crippen LogP contribution >= 0.6 is 0 Å². The van der Waals surface area contributed by atoms with E-state index in [-0.39, 0.29) is 20.4 Å². The Morgan fingerprint density at radius 1 is 0.576 bits per heavy atom.